The minimum absolute atomic E-state index is 0.214. The van der Waals surface area contributed by atoms with Gasteiger partial charge in [-0.3, -0.25) is 14.5 Å². The standard InChI is InChI=1S/C18H20N4O5/c1-10-18(24)22(17-14(27-10)6-7-15(19)21-17)9-16(23)20-12-8-11(25-2)4-5-13(12)26-3/h4-8,10H,9H2,1-3H3,(H2,19,21)(H,20,23). The molecule has 1 unspecified atom stereocenters. The minimum Gasteiger partial charge on any atom is -0.497 e. The summed E-state index contributed by atoms with van der Waals surface area (Å²) in [5, 5.41) is 2.73. The van der Waals surface area contributed by atoms with Gasteiger partial charge in [-0.15, -0.1) is 0 Å². The maximum atomic E-state index is 12.6. The average Bonchev–Trinajstić information content (AvgIpc) is 2.66. The predicted molar refractivity (Wildman–Crippen MR) is 99.3 cm³/mol. The number of hydrogen-bond donors (Lipinski definition) is 2. The molecule has 0 aliphatic carbocycles. The molecule has 142 valence electrons. The fourth-order valence-corrected chi connectivity index (χ4v) is 2.70. The van der Waals surface area contributed by atoms with Crippen LogP contribution in [0.25, 0.3) is 0 Å². The molecule has 1 atom stereocenters. The van der Waals surface area contributed by atoms with E-state index in [1.54, 1.807) is 37.3 Å². The molecule has 1 aliphatic heterocycles. The van der Waals surface area contributed by atoms with Gasteiger partial charge in [0.25, 0.3) is 5.91 Å². The van der Waals surface area contributed by atoms with Crippen LogP contribution in [0.5, 0.6) is 17.2 Å². The van der Waals surface area contributed by atoms with E-state index in [0.29, 0.717) is 22.9 Å². The Balaban J connectivity index is 1.84. The maximum Gasteiger partial charge on any atom is 0.269 e. The number of carbonyl (C=O) groups is 2. The van der Waals surface area contributed by atoms with E-state index in [0.717, 1.165) is 0 Å². The molecule has 0 radical (unpaired) electrons. The summed E-state index contributed by atoms with van der Waals surface area (Å²) >= 11 is 0. The quantitative estimate of drug-likeness (QED) is 0.815. The second-order valence-electron chi connectivity index (χ2n) is 5.86. The van der Waals surface area contributed by atoms with E-state index in [1.807, 2.05) is 0 Å². The summed E-state index contributed by atoms with van der Waals surface area (Å²) in [6.07, 6.45) is -0.734. The zero-order valence-corrected chi connectivity index (χ0v) is 15.2. The number of methoxy groups -OCH3 is 2. The second-order valence-corrected chi connectivity index (χ2v) is 5.86. The molecular formula is C18H20N4O5. The highest BCUT2D eigenvalue weighted by Gasteiger charge is 2.34. The third kappa shape index (κ3) is 3.71. The third-order valence-electron chi connectivity index (χ3n) is 4.02. The first-order valence-electron chi connectivity index (χ1n) is 8.19. The number of nitrogens with zero attached hydrogens (tertiary/aromatic N) is 2. The first-order chi connectivity index (χ1) is 12.9. The van der Waals surface area contributed by atoms with Crippen molar-refractivity contribution in [2.24, 2.45) is 0 Å². The summed E-state index contributed by atoms with van der Waals surface area (Å²) in [5.74, 6) is 1.04. The van der Waals surface area contributed by atoms with Crippen molar-refractivity contribution in [3.8, 4) is 17.2 Å². The monoisotopic (exact) mass is 372 g/mol. The Morgan fingerprint density at radius 3 is 2.78 bits per heavy atom. The fourth-order valence-electron chi connectivity index (χ4n) is 2.70. The van der Waals surface area contributed by atoms with Gasteiger partial charge < -0.3 is 25.3 Å². The molecule has 0 fully saturated rings. The van der Waals surface area contributed by atoms with Crippen LogP contribution in [-0.2, 0) is 9.59 Å². The molecule has 0 bridgehead atoms. The van der Waals surface area contributed by atoms with Gasteiger partial charge in [0.05, 0.1) is 19.9 Å². The highest BCUT2D eigenvalue weighted by atomic mass is 16.5. The third-order valence-corrected chi connectivity index (χ3v) is 4.02. The van der Waals surface area contributed by atoms with Gasteiger partial charge in [-0.05, 0) is 31.2 Å². The number of ether oxygens (including phenoxy) is 3. The number of hydrogen-bond acceptors (Lipinski definition) is 7. The van der Waals surface area contributed by atoms with Crippen molar-refractivity contribution >= 4 is 29.1 Å². The molecule has 9 nitrogen and oxygen atoms in total. The molecule has 0 spiro atoms. The molecular weight excluding hydrogens is 352 g/mol. The van der Waals surface area contributed by atoms with Crippen molar-refractivity contribution in [3.63, 3.8) is 0 Å². The van der Waals surface area contributed by atoms with Crippen molar-refractivity contribution in [1.82, 2.24) is 4.98 Å². The van der Waals surface area contributed by atoms with Crippen LogP contribution >= 0.6 is 0 Å². The molecule has 0 saturated heterocycles. The molecule has 1 aliphatic rings. The molecule has 3 rings (SSSR count). The normalized spacial score (nSPS) is 15.6. The van der Waals surface area contributed by atoms with Crippen LogP contribution in [0, 0.1) is 0 Å². The number of benzene rings is 1. The Bertz CT molecular complexity index is 886. The molecule has 27 heavy (non-hydrogen) atoms. The van der Waals surface area contributed by atoms with Gasteiger partial charge in [-0.2, -0.15) is 0 Å². The lowest BCUT2D eigenvalue weighted by molar-refractivity contribution is -0.127. The van der Waals surface area contributed by atoms with Gasteiger partial charge in [0, 0.05) is 6.07 Å². The van der Waals surface area contributed by atoms with E-state index in [2.05, 4.69) is 10.3 Å². The van der Waals surface area contributed by atoms with E-state index < -0.39 is 12.0 Å². The van der Waals surface area contributed by atoms with Crippen LogP contribution in [0.1, 0.15) is 6.92 Å². The van der Waals surface area contributed by atoms with Crippen LogP contribution in [0.15, 0.2) is 30.3 Å². The van der Waals surface area contributed by atoms with Crippen LogP contribution in [0.3, 0.4) is 0 Å². The molecule has 2 heterocycles. The Hall–Kier alpha value is -3.49. The second kappa shape index (κ2) is 7.40. The lowest BCUT2D eigenvalue weighted by Gasteiger charge is -2.31. The van der Waals surface area contributed by atoms with Crippen molar-refractivity contribution in [2.75, 3.05) is 36.7 Å². The Kier molecular flexibility index (Phi) is 5.02. The minimum atomic E-state index is -0.734. The summed E-state index contributed by atoms with van der Waals surface area (Å²) in [4.78, 5) is 30.5. The highest BCUT2D eigenvalue weighted by Crippen LogP contribution is 2.33. The summed E-state index contributed by atoms with van der Waals surface area (Å²) in [6.45, 7) is 1.36. The number of amides is 2. The number of fused-ring (bicyclic) bond motifs is 1. The van der Waals surface area contributed by atoms with Gasteiger partial charge in [-0.25, -0.2) is 4.98 Å². The Morgan fingerprint density at radius 2 is 2.07 bits per heavy atom. The number of pyridine rings is 1. The van der Waals surface area contributed by atoms with Crippen LogP contribution in [0.4, 0.5) is 17.3 Å². The number of nitrogens with two attached hydrogens (primary N) is 1. The predicted octanol–water partition coefficient (Wildman–Crippen LogP) is 1.43. The van der Waals surface area contributed by atoms with E-state index >= 15 is 0 Å². The molecule has 9 heteroatoms. The number of anilines is 3. The Morgan fingerprint density at radius 1 is 1.30 bits per heavy atom. The van der Waals surface area contributed by atoms with Gasteiger partial charge in [0.15, 0.2) is 17.7 Å². The zero-order valence-electron chi connectivity index (χ0n) is 15.2. The SMILES string of the molecule is COc1ccc(OC)c(NC(=O)CN2C(=O)C(C)Oc3ccc(N)nc32)c1. The maximum absolute atomic E-state index is 12.6. The van der Waals surface area contributed by atoms with E-state index in [9.17, 15) is 9.59 Å². The topological polar surface area (TPSA) is 116 Å². The number of nitrogen functional groups attached to an aromatic ring is 1. The first kappa shape index (κ1) is 18.3. The van der Waals surface area contributed by atoms with Gasteiger partial charge in [0.2, 0.25) is 5.91 Å². The van der Waals surface area contributed by atoms with Crippen molar-refractivity contribution in [1.29, 1.82) is 0 Å². The number of carbonyl (C=O) groups excluding carboxylic acids is 2. The molecule has 3 N–H and O–H groups in total. The smallest absolute Gasteiger partial charge is 0.269 e. The number of nitrogens with one attached hydrogen (secondary N) is 1. The summed E-state index contributed by atoms with van der Waals surface area (Å²) in [5.41, 5.74) is 6.14. The van der Waals surface area contributed by atoms with Crippen LogP contribution in [-0.4, -0.2) is 43.7 Å². The Labute approximate surface area is 156 Å². The van der Waals surface area contributed by atoms with E-state index in [4.69, 9.17) is 19.9 Å². The molecule has 0 saturated carbocycles. The first-order valence-corrected chi connectivity index (χ1v) is 8.19. The van der Waals surface area contributed by atoms with Crippen molar-refractivity contribution in [3.05, 3.63) is 30.3 Å². The summed E-state index contributed by atoms with van der Waals surface area (Å²) < 4.78 is 15.9. The van der Waals surface area contributed by atoms with E-state index in [1.165, 1.54) is 19.1 Å². The van der Waals surface area contributed by atoms with Crippen LogP contribution in [0.2, 0.25) is 0 Å². The number of aromatic nitrogens is 1. The largest absolute Gasteiger partial charge is 0.497 e. The molecule has 1 aromatic carbocycles. The van der Waals surface area contributed by atoms with Gasteiger partial charge in [-0.1, -0.05) is 0 Å². The summed E-state index contributed by atoms with van der Waals surface area (Å²) in [7, 11) is 3.02. The lowest BCUT2D eigenvalue weighted by Crippen LogP contribution is -2.48. The summed E-state index contributed by atoms with van der Waals surface area (Å²) in [6, 6.07) is 8.21. The molecule has 1 aromatic heterocycles. The number of rotatable bonds is 5. The van der Waals surface area contributed by atoms with Gasteiger partial charge in [0.1, 0.15) is 23.9 Å². The van der Waals surface area contributed by atoms with Gasteiger partial charge >= 0.3 is 0 Å². The fraction of sp³-hybridized carbons (Fsp3) is 0.278. The van der Waals surface area contributed by atoms with Crippen molar-refractivity contribution < 1.29 is 23.8 Å². The molecule has 2 aromatic rings. The highest BCUT2D eigenvalue weighted by molar-refractivity contribution is 6.05. The zero-order chi connectivity index (χ0) is 19.6. The average molecular weight is 372 g/mol. The van der Waals surface area contributed by atoms with E-state index in [-0.39, 0.29) is 24.1 Å². The van der Waals surface area contributed by atoms with Crippen LogP contribution < -0.4 is 30.2 Å². The lowest BCUT2D eigenvalue weighted by atomic mass is 10.2. The molecule has 2 amide bonds. The van der Waals surface area contributed by atoms with Crippen molar-refractivity contribution in [2.45, 2.75) is 13.0 Å².